The Morgan fingerprint density at radius 1 is 1.09 bits per heavy atom. The van der Waals surface area contributed by atoms with Crippen molar-refractivity contribution in [1.29, 1.82) is 0 Å². The highest BCUT2D eigenvalue weighted by atomic mass is 32.1. The van der Waals surface area contributed by atoms with Crippen molar-refractivity contribution in [2.75, 3.05) is 0 Å². The van der Waals surface area contributed by atoms with Crippen molar-refractivity contribution in [1.82, 2.24) is 0 Å². The molecular formula is C27H26F3NO2S. The number of carbonyl (C=O) groups is 2. The van der Waals surface area contributed by atoms with Crippen LogP contribution in [-0.4, -0.2) is 17.3 Å². The van der Waals surface area contributed by atoms with E-state index in [-0.39, 0.29) is 28.5 Å². The Hall–Kier alpha value is -2.54. The summed E-state index contributed by atoms with van der Waals surface area (Å²) < 4.78 is 39.2. The number of aliphatic imine (C=N–C) groups is 1. The van der Waals surface area contributed by atoms with Crippen LogP contribution in [0.25, 0.3) is 0 Å². The van der Waals surface area contributed by atoms with Crippen LogP contribution in [0.1, 0.15) is 72.7 Å². The predicted molar refractivity (Wildman–Crippen MR) is 126 cm³/mol. The van der Waals surface area contributed by atoms with Gasteiger partial charge in [0.15, 0.2) is 5.78 Å². The van der Waals surface area contributed by atoms with E-state index in [2.05, 4.69) is 0 Å². The van der Waals surface area contributed by atoms with Crippen LogP contribution in [0.2, 0.25) is 0 Å². The lowest BCUT2D eigenvalue weighted by atomic mass is 9.55. The van der Waals surface area contributed by atoms with Gasteiger partial charge in [0, 0.05) is 34.1 Å². The van der Waals surface area contributed by atoms with Gasteiger partial charge >= 0.3 is 6.18 Å². The topological polar surface area (TPSA) is 46.5 Å². The van der Waals surface area contributed by atoms with Gasteiger partial charge in [0.25, 0.3) is 0 Å². The molecule has 0 saturated heterocycles. The molecule has 3 nitrogen and oxygen atoms in total. The second-order valence-electron chi connectivity index (χ2n) is 10.1. The summed E-state index contributed by atoms with van der Waals surface area (Å²) in [6.45, 7) is 3.93. The van der Waals surface area contributed by atoms with Gasteiger partial charge in [-0.25, -0.2) is 0 Å². The lowest BCUT2D eigenvalue weighted by Crippen LogP contribution is -2.48. The third-order valence-electron chi connectivity index (χ3n) is 7.53. The maximum absolute atomic E-state index is 13.8. The van der Waals surface area contributed by atoms with Crippen LogP contribution < -0.4 is 0 Å². The highest BCUT2D eigenvalue weighted by Crippen LogP contribution is 2.55. The summed E-state index contributed by atoms with van der Waals surface area (Å²) in [5, 5.41) is 1.93. The van der Waals surface area contributed by atoms with E-state index in [1.807, 2.05) is 31.4 Å². The number of halogens is 3. The third kappa shape index (κ3) is 3.88. The Kier molecular flexibility index (Phi) is 5.66. The first-order valence-electron chi connectivity index (χ1n) is 11.7. The maximum Gasteiger partial charge on any atom is 0.416 e. The van der Waals surface area contributed by atoms with Gasteiger partial charge in [0.05, 0.1) is 17.2 Å². The molecule has 3 aliphatic rings. The Bertz CT molecular complexity index is 1190. The lowest BCUT2D eigenvalue weighted by molar-refractivity contribution is -0.137. The number of nitrogens with zero attached hydrogens (tertiary/aromatic N) is 1. The summed E-state index contributed by atoms with van der Waals surface area (Å²) in [6, 6.07) is 8.18. The van der Waals surface area contributed by atoms with Crippen LogP contribution >= 0.6 is 11.3 Å². The minimum atomic E-state index is -4.47. The van der Waals surface area contributed by atoms with Gasteiger partial charge in [0.1, 0.15) is 5.78 Å². The average Bonchev–Trinajstić information content (AvgIpc) is 3.30. The molecule has 2 aliphatic carbocycles. The number of carbonyl (C=O) groups excluding carboxylic acids is 2. The van der Waals surface area contributed by atoms with Gasteiger partial charge in [0.2, 0.25) is 0 Å². The molecule has 7 heteroatoms. The summed E-state index contributed by atoms with van der Waals surface area (Å²) in [4.78, 5) is 33.3. The quantitative estimate of drug-likeness (QED) is 0.428. The Balaban J connectivity index is 1.64. The summed E-state index contributed by atoms with van der Waals surface area (Å²) in [6.07, 6.45) is 0.0165. The molecule has 0 N–H and O–H groups in total. The molecule has 0 amide bonds. The number of hydrogen-bond acceptors (Lipinski definition) is 4. The summed E-state index contributed by atoms with van der Waals surface area (Å²) in [5.74, 6) is -1.23. The second-order valence-corrected chi connectivity index (χ2v) is 11.1. The monoisotopic (exact) mass is 485 g/mol. The summed E-state index contributed by atoms with van der Waals surface area (Å²) >= 11 is 1.50. The molecule has 5 rings (SSSR count). The predicted octanol–water partition coefficient (Wildman–Crippen LogP) is 7.25. The highest BCUT2D eigenvalue weighted by Gasteiger charge is 2.52. The first-order valence-corrected chi connectivity index (χ1v) is 12.6. The van der Waals surface area contributed by atoms with Crippen LogP contribution in [0.3, 0.4) is 0 Å². The number of Topliss-reactive ketones (excluding diaryl/α,β-unsaturated/α-hetero) is 2. The largest absolute Gasteiger partial charge is 0.416 e. The van der Waals surface area contributed by atoms with Gasteiger partial charge in [-0.15, -0.1) is 11.3 Å². The van der Waals surface area contributed by atoms with E-state index < -0.39 is 23.6 Å². The van der Waals surface area contributed by atoms with Crippen LogP contribution in [0.15, 0.2) is 58.0 Å². The zero-order chi connectivity index (χ0) is 24.3. The molecule has 2 fully saturated rings. The van der Waals surface area contributed by atoms with Gasteiger partial charge < -0.3 is 0 Å². The smallest absolute Gasteiger partial charge is 0.299 e. The fourth-order valence-electron chi connectivity index (χ4n) is 5.72. The number of ketones is 2. The molecular weight excluding hydrogens is 459 g/mol. The Morgan fingerprint density at radius 3 is 2.32 bits per heavy atom. The number of benzene rings is 1. The second kappa shape index (κ2) is 8.29. The number of thiophene rings is 1. The first-order chi connectivity index (χ1) is 16.1. The molecule has 34 heavy (non-hydrogen) atoms. The van der Waals surface area contributed by atoms with Gasteiger partial charge in [-0.1, -0.05) is 38.5 Å². The molecule has 1 aromatic heterocycles. The summed E-state index contributed by atoms with van der Waals surface area (Å²) in [7, 11) is 0. The van der Waals surface area contributed by atoms with Crippen LogP contribution in [0, 0.1) is 17.3 Å². The van der Waals surface area contributed by atoms with E-state index in [1.165, 1.54) is 23.5 Å². The minimum Gasteiger partial charge on any atom is -0.299 e. The van der Waals surface area contributed by atoms with Crippen molar-refractivity contribution in [2.45, 2.75) is 58.0 Å². The maximum atomic E-state index is 13.8. The fourth-order valence-corrected chi connectivity index (χ4v) is 6.59. The van der Waals surface area contributed by atoms with Crippen LogP contribution in [0.5, 0.6) is 0 Å². The van der Waals surface area contributed by atoms with Crippen LogP contribution in [-0.2, 0) is 11.0 Å². The molecule has 2 atom stereocenters. The van der Waals surface area contributed by atoms with E-state index in [0.717, 1.165) is 48.4 Å². The van der Waals surface area contributed by atoms with E-state index in [4.69, 9.17) is 4.99 Å². The molecule has 1 aliphatic heterocycles. The van der Waals surface area contributed by atoms with E-state index in [0.29, 0.717) is 17.7 Å². The number of rotatable bonds is 4. The van der Waals surface area contributed by atoms with Gasteiger partial charge in [-0.3, -0.25) is 14.6 Å². The molecule has 2 unspecified atom stereocenters. The van der Waals surface area contributed by atoms with Crippen molar-refractivity contribution >= 4 is 28.6 Å². The SMILES string of the molecule is CC(C)C1=C(C(=O)c2ccc(C(F)(F)F)cc2)C(c2cccs2)C2C(=O)CC3(CCC3)CC2=N1. The van der Waals surface area contributed by atoms with Gasteiger partial charge in [-0.05, 0) is 54.2 Å². The molecule has 0 radical (unpaired) electrons. The lowest BCUT2D eigenvalue weighted by Gasteiger charge is -2.49. The average molecular weight is 486 g/mol. The molecule has 1 aromatic carbocycles. The zero-order valence-corrected chi connectivity index (χ0v) is 19.9. The first kappa shape index (κ1) is 23.2. The number of allylic oxidation sites excluding steroid dienone is 2. The van der Waals surface area contributed by atoms with Crippen LogP contribution in [0.4, 0.5) is 13.2 Å². The van der Waals surface area contributed by atoms with Crippen molar-refractivity contribution in [3.05, 3.63) is 69.1 Å². The third-order valence-corrected chi connectivity index (χ3v) is 8.48. The molecule has 2 aromatic rings. The van der Waals surface area contributed by atoms with Crippen molar-refractivity contribution in [3.8, 4) is 0 Å². The van der Waals surface area contributed by atoms with Crippen molar-refractivity contribution in [3.63, 3.8) is 0 Å². The highest BCUT2D eigenvalue weighted by molar-refractivity contribution is 7.10. The Labute approximate surface area is 200 Å². The fraction of sp³-hybridized carbons (Fsp3) is 0.444. The van der Waals surface area contributed by atoms with E-state index in [1.54, 1.807) is 0 Å². The van der Waals surface area contributed by atoms with E-state index >= 15 is 0 Å². The van der Waals surface area contributed by atoms with Crippen molar-refractivity contribution < 1.29 is 22.8 Å². The minimum absolute atomic E-state index is 0.0173. The number of hydrogen-bond donors (Lipinski definition) is 0. The molecule has 178 valence electrons. The summed E-state index contributed by atoms with van der Waals surface area (Å²) in [5.41, 5.74) is 1.38. The molecule has 0 bridgehead atoms. The zero-order valence-electron chi connectivity index (χ0n) is 19.1. The molecule has 1 spiro atoms. The molecule has 2 heterocycles. The number of fused-ring (bicyclic) bond motifs is 1. The standard InChI is InChI=1S/C27H26F3NO2S/c1-15(2)24-23(25(33)16-6-8-17(9-7-16)27(28,29)30)22(20-5-3-12-34-20)21-18(31-24)13-26(10-4-11-26)14-19(21)32/h3,5-9,12,15,21-22H,4,10-11,13-14H2,1-2H3. The van der Waals surface area contributed by atoms with E-state index in [9.17, 15) is 22.8 Å². The number of alkyl halides is 3. The Morgan fingerprint density at radius 2 is 1.79 bits per heavy atom. The van der Waals surface area contributed by atoms with Gasteiger partial charge in [-0.2, -0.15) is 13.2 Å². The van der Waals surface area contributed by atoms with Crippen molar-refractivity contribution in [2.24, 2.45) is 22.2 Å². The normalized spacial score (nSPS) is 24.2. The molecule has 2 saturated carbocycles.